The lowest BCUT2D eigenvalue weighted by Crippen LogP contribution is -2.06. The van der Waals surface area contributed by atoms with Gasteiger partial charge in [0.15, 0.2) is 5.69 Å². The maximum Gasteiger partial charge on any atom is 0.355 e. The summed E-state index contributed by atoms with van der Waals surface area (Å²) in [5, 5.41) is 8.70. The molecule has 1 aliphatic heterocycles. The fourth-order valence-corrected chi connectivity index (χ4v) is 1.16. The predicted octanol–water partition coefficient (Wildman–Crippen LogP) is 0.205. The van der Waals surface area contributed by atoms with Crippen LogP contribution in [0.4, 0.5) is 0 Å². The van der Waals surface area contributed by atoms with Gasteiger partial charge in [-0.15, -0.1) is 0 Å². The van der Waals surface area contributed by atoms with E-state index in [-0.39, 0.29) is 5.69 Å². The van der Waals surface area contributed by atoms with Gasteiger partial charge >= 0.3 is 5.97 Å². The Hall–Kier alpha value is -1.49. The number of nitrogens with zero attached hydrogens (tertiary/aromatic N) is 2. The summed E-state index contributed by atoms with van der Waals surface area (Å²) in [5.74, 6) is -1.03. The highest BCUT2D eigenvalue weighted by molar-refractivity contribution is 5.87. The maximum atomic E-state index is 10.6. The minimum absolute atomic E-state index is 0.0532. The second-order valence-corrected chi connectivity index (χ2v) is 2.45. The summed E-state index contributed by atoms with van der Waals surface area (Å²) < 4.78 is 5.04. The largest absolute Gasteiger partial charge is 0.476 e. The third kappa shape index (κ3) is 0.947. The molecule has 1 aromatic rings. The van der Waals surface area contributed by atoms with E-state index in [2.05, 4.69) is 9.97 Å². The zero-order valence-corrected chi connectivity index (χ0v) is 6.15. The molecule has 1 N–H and O–H groups in total. The minimum Gasteiger partial charge on any atom is -0.476 e. The van der Waals surface area contributed by atoms with E-state index in [0.717, 1.165) is 0 Å². The van der Waals surface area contributed by atoms with Crippen LogP contribution in [0.15, 0.2) is 6.33 Å². The van der Waals surface area contributed by atoms with E-state index < -0.39 is 5.97 Å². The third-order valence-electron chi connectivity index (χ3n) is 1.72. The van der Waals surface area contributed by atoms with Crippen molar-refractivity contribution >= 4 is 5.97 Å². The van der Waals surface area contributed by atoms with Crippen LogP contribution in [0.25, 0.3) is 0 Å². The zero-order chi connectivity index (χ0) is 8.55. The van der Waals surface area contributed by atoms with Gasteiger partial charge in [0.25, 0.3) is 0 Å². The molecule has 62 valence electrons. The van der Waals surface area contributed by atoms with E-state index in [1.54, 1.807) is 0 Å². The summed E-state index contributed by atoms with van der Waals surface area (Å²) >= 11 is 0. The molecule has 5 heteroatoms. The number of hydrogen-bond acceptors (Lipinski definition) is 4. The maximum absolute atomic E-state index is 10.6. The average molecular weight is 166 g/mol. The van der Waals surface area contributed by atoms with Gasteiger partial charge in [-0.2, -0.15) is 0 Å². The molecular formula is C7H6N2O3. The van der Waals surface area contributed by atoms with Gasteiger partial charge < -0.3 is 9.84 Å². The van der Waals surface area contributed by atoms with Crippen LogP contribution >= 0.6 is 0 Å². The van der Waals surface area contributed by atoms with Crippen molar-refractivity contribution in [3.05, 3.63) is 23.3 Å². The van der Waals surface area contributed by atoms with Crippen LogP contribution in [0.3, 0.4) is 0 Å². The van der Waals surface area contributed by atoms with Gasteiger partial charge in [-0.25, -0.2) is 14.8 Å². The highest BCUT2D eigenvalue weighted by Gasteiger charge is 2.21. The van der Waals surface area contributed by atoms with E-state index in [1.165, 1.54) is 6.33 Å². The van der Waals surface area contributed by atoms with Crippen molar-refractivity contribution in [2.45, 2.75) is 13.2 Å². The molecule has 2 rings (SSSR count). The number of rotatable bonds is 1. The molecular weight excluding hydrogens is 160 g/mol. The standard InChI is InChI=1S/C7H6N2O3/c10-7(11)6-4-1-12-2-5(4)8-3-9-6/h3H,1-2H2,(H,10,11). The summed E-state index contributed by atoms with van der Waals surface area (Å²) in [6.07, 6.45) is 1.25. The molecule has 1 aromatic heterocycles. The molecule has 0 saturated carbocycles. The van der Waals surface area contributed by atoms with Gasteiger partial charge in [-0.05, 0) is 0 Å². The van der Waals surface area contributed by atoms with Gasteiger partial charge in [0.2, 0.25) is 0 Å². The van der Waals surface area contributed by atoms with E-state index in [0.29, 0.717) is 24.5 Å². The molecule has 2 heterocycles. The summed E-state index contributed by atoms with van der Waals surface area (Å²) in [5.41, 5.74) is 1.34. The number of carbonyl (C=O) groups is 1. The molecule has 5 nitrogen and oxygen atoms in total. The van der Waals surface area contributed by atoms with Gasteiger partial charge in [0.05, 0.1) is 18.9 Å². The number of carboxylic acids is 1. The fraction of sp³-hybridized carbons (Fsp3) is 0.286. The third-order valence-corrected chi connectivity index (χ3v) is 1.72. The first-order chi connectivity index (χ1) is 5.79. The van der Waals surface area contributed by atoms with Crippen molar-refractivity contribution in [1.82, 2.24) is 9.97 Å². The summed E-state index contributed by atoms with van der Waals surface area (Å²) in [6.45, 7) is 0.690. The van der Waals surface area contributed by atoms with Crippen LogP contribution < -0.4 is 0 Å². The van der Waals surface area contributed by atoms with Crippen molar-refractivity contribution in [2.24, 2.45) is 0 Å². The number of ether oxygens (including phenoxy) is 1. The van der Waals surface area contributed by atoms with Crippen LogP contribution in [-0.2, 0) is 18.0 Å². The Morgan fingerprint density at radius 1 is 1.50 bits per heavy atom. The molecule has 0 radical (unpaired) electrons. The van der Waals surface area contributed by atoms with E-state index in [9.17, 15) is 4.79 Å². The van der Waals surface area contributed by atoms with Crippen molar-refractivity contribution < 1.29 is 14.6 Å². The topological polar surface area (TPSA) is 72.3 Å². The predicted molar refractivity (Wildman–Crippen MR) is 37.5 cm³/mol. The molecule has 0 fully saturated rings. The fourth-order valence-electron chi connectivity index (χ4n) is 1.16. The highest BCUT2D eigenvalue weighted by atomic mass is 16.5. The smallest absolute Gasteiger partial charge is 0.355 e. The summed E-state index contributed by atoms with van der Waals surface area (Å²) in [6, 6.07) is 0. The van der Waals surface area contributed by atoms with Gasteiger partial charge in [0, 0.05) is 5.56 Å². The summed E-state index contributed by atoms with van der Waals surface area (Å²) in [4.78, 5) is 18.2. The van der Waals surface area contributed by atoms with Crippen LogP contribution in [0.5, 0.6) is 0 Å². The van der Waals surface area contributed by atoms with E-state index in [4.69, 9.17) is 9.84 Å². The SMILES string of the molecule is O=C(O)c1ncnc2c1COC2. The quantitative estimate of drug-likeness (QED) is 0.645. The van der Waals surface area contributed by atoms with Crippen LogP contribution in [0.1, 0.15) is 21.7 Å². The number of aromatic nitrogens is 2. The lowest BCUT2D eigenvalue weighted by atomic mass is 10.2. The average Bonchev–Trinajstić information content (AvgIpc) is 2.49. The Labute approximate surface area is 68.0 Å². The molecule has 0 atom stereocenters. The van der Waals surface area contributed by atoms with Gasteiger partial charge in [0.1, 0.15) is 6.33 Å². The molecule has 0 bridgehead atoms. The van der Waals surface area contributed by atoms with Crippen LogP contribution in [0.2, 0.25) is 0 Å². The first-order valence-electron chi connectivity index (χ1n) is 3.43. The lowest BCUT2D eigenvalue weighted by Gasteiger charge is -1.98. The molecule has 0 saturated heterocycles. The molecule has 0 unspecified atom stereocenters. The molecule has 0 amide bonds. The second kappa shape index (κ2) is 2.53. The second-order valence-electron chi connectivity index (χ2n) is 2.45. The van der Waals surface area contributed by atoms with Crippen molar-refractivity contribution in [2.75, 3.05) is 0 Å². The van der Waals surface area contributed by atoms with Gasteiger partial charge in [-0.1, -0.05) is 0 Å². The van der Waals surface area contributed by atoms with Gasteiger partial charge in [-0.3, -0.25) is 0 Å². The lowest BCUT2D eigenvalue weighted by molar-refractivity contribution is 0.0685. The van der Waals surface area contributed by atoms with Crippen molar-refractivity contribution in [3.63, 3.8) is 0 Å². The normalized spacial score (nSPS) is 14.3. The molecule has 1 aliphatic rings. The Balaban J connectivity index is 2.56. The minimum atomic E-state index is -1.03. The molecule has 0 spiro atoms. The van der Waals surface area contributed by atoms with Crippen molar-refractivity contribution in [1.29, 1.82) is 0 Å². The Kier molecular flexibility index (Phi) is 1.51. The van der Waals surface area contributed by atoms with Crippen molar-refractivity contribution in [3.8, 4) is 0 Å². The Bertz CT molecular complexity index is 337. The Morgan fingerprint density at radius 2 is 2.33 bits per heavy atom. The van der Waals surface area contributed by atoms with E-state index >= 15 is 0 Å². The first-order valence-corrected chi connectivity index (χ1v) is 3.43. The number of carboxylic acid groups (broad SMARTS) is 1. The first kappa shape index (κ1) is 7.17. The molecule has 0 aromatic carbocycles. The zero-order valence-electron chi connectivity index (χ0n) is 6.15. The number of fused-ring (bicyclic) bond motifs is 1. The Morgan fingerprint density at radius 3 is 3.08 bits per heavy atom. The number of aromatic carboxylic acids is 1. The number of hydrogen-bond donors (Lipinski definition) is 1. The summed E-state index contributed by atoms with van der Waals surface area (Å²) in [7, 11) is 0. The van der Waals surface area contributed by atoms with E-state index in [1.807, 2.05) is 0 Å². The monoisotopic (exact) mass is 166 g/mol. The molecule has 0 aliphatic carbocycles. The molecule has 12 heavy (non-hydrogen) atoms. The van der Waals surface area contributed by atoms with Crippen LogP contribution in [0, 0.1) is 0 Å². The van der Waals surface area contributed by atoms with Crippen LogP contribution in [-0.4, -0.2) is 21.0 Å². The highest BCUT2D eigenvalue weighted by Crippen LogP contribution is 2.19.